The van der Waals surface area contributed by atoms with Crippen LogP contribution in [0.2, 0.25) is 0 Å². The van der Waals surface area contributed by atoms with Crippen LogP contribution < -0.4 is 5.73 Å². The summed E-state index contributed by atoms with van der Waals surface area (Å²) in [4.78, 5) is 10.9. The summed E-state index contributed by atoms with van der Waals surface area (Å²) >= 11 is 0. The molecule has 0 amide bonds. The van der Waals surface area contributed by atoms with Gasteiger partial charge in [0.25, 0.3) is 0 Å². The molecular formula is C10H17NO2. The van der Waals surface area contributed by atoms with Crippen molar-refractivity contribution in [2.45, 2.75) is 32.7 Å². The van der Waals surface area contributed by atoms with E-state index in [9.17, 15) is 4.79 Å². The molecule has 3 aliphatic carbocycles. The summed E-state index contributed by atoms with van der Waals surface area (Å²) in [5.74, 6) is 0.000208. The second-order valence-electron chi connectivity index (χ2n) is 5.12. The van der Waals surface area contributed by atoms with E-state index in [1.165, 1.54) is 0 Å². The first-order valence-corrected chi connectivity index (χ1v) is 4.93. The third-order valence-corrected chi connectivity index (χ3v) is 4.33. The number of nitrogens with two attached hydrogens (primary N) is 1. The lowest BCUT2D eigenvalue weighted by atomic mass is 9.45. The van der Waals surface area contributed by atoms with Crippen LogP contribution in [-0.2, 0) is 4.79 Å². The van der Waals surface area contributed by atoms with Crippen molar-refractivity contribution in [1.29, 1.82) is 0 Å². The molecule has 0 saturated heterocycles. The van der Waals surface area contributed by atoms with Gasteiger partial charge in [-0.05, 0) is 30.1 Å². The van der Waals surface area contributed by atoms with Crippen molar-refractivity contribution >= 4 is 5.97 Å². The Kier molecular flexibility index (Phi) is 1.71. The monoisotopic (exact) mass is 183 g/mol. The molecule has 2 bridgehead atoms. The minimum absolute atomic E-state index is 0.127. The standard InChI is InChI=1S/C10H17NO2/c1-10(2)5-3-6(9(12)13)8(11)7(10)4-5/h5-8H,3-4,11H2,1-2H3,(H,12,13)/t5-,6+,7-,8-/m1/s1. The van der Waals surface area contributed by atoms with E-state index in [4.69, 9.17) is 10.8 Å². The first-order chi connectivity index (χ1) is 5.94. The predicted octanol–water partition coefficient (Wildman–Crippen LogP) is 1.08. The lowest BCUT2D eigenvalue weighted by molar-refractivity contribution is -0.159. The van der Waals surface area contributed by atoms with Crippen LogP contribution in [0.1, 0.15) is 26.7 Å². The Balaban J connectivity index is 2.16. The van der Waals surface area contributed by atoms with Crippen LogP contribution in [0.5, 0.6) is 0 Å². The van der Waals surface area contributed by atoms with Gasteiger partial charge in [0.15, 0.2) is 0 Å². The zero-order valence-electron chi connectivity index (χ0n) is 8.16. The third-order valence-electron chi connectivity index (χ3n) is 4.33. The fourth-order valence-corrected chi connectivity index (χ4v) is 3.12. The molecule has 0 aromatic carbocycles. The summed E-state index contributed by atoms with van der Waals surface area (Å²) < 4.78 is 0. The van der Waals surface area contributed by atoms with E-state index in [1.807, 2.05) is 0 Å². The molecule has 3 heteroatoms. The maximum atomic E-state index is 10.9. The zero-order valence-corrected chi connectivity index (χ0v) is 8.16. The Morgan fingerprint density at radius 1 is 1.46 bits per heavy atom. The van der Waals surface area contributed by atoms with E-state index >= 15 is 0 Å². The number of fused-ring (bicyclic) bond motifs is 2. The van der Waals surface area contributed by atoms with Gasteiger partial charge in [0.1, 0.15) is 0 Å². The normalized spacial score (nSPS) is 46.7. The highest BCUT2D eigenvalue weighted by Crippen LogP contribution is 2.60. The van der Waals surface area contributed by atoms with E-state index in [-0.39, 0.29) is 17.4 Å². The molecule has 3 rings (SSSR count). The molecule has 3 aliphatic rings. The highest BCUT2D eigenvalue weighted by atomic mass is 16.4. The van der Waals surface area contributed by atoms with Gasteiger partial charge in [-0.25, -0.2) is 0 Å². The van der Waals surface area contributed by atoms with Gasteiger partial charge in [-0.15, -0.1) is 0 Å². The Morgan fingerprint density at radius 2 is 2.08 bits per heavy atom. The van der Waals surface area contributed by atoms with E-state index < -0.39 is 5.97 Å². The van der Waals surface area contributed by atoms with Crippen molar-refractivity contribution in [2.24, 2.45) is 28.9 Å². The third kappa shape index (κ3) is 1.03. The maximum absolute atomic E-state index is 10.9. The summed E-state index contributed by atoms with van der Waals surface area (Å²) in [6.45, 7) is 4.42. The van der Waals surface area contributed by atoms with E-state index in [2.05, 4.69) is 13.8 Å². The number of rotatable bonds is 1. The maximum Gasteiger partial charge on any atom is 0.308 e. The van der Waals surface area contributed by atoms with Crippen LogP contribution in [0.4, 0.5) is 0 Å². The number of carboxylic acids is 1. The fourth-order valence-electron chi connectivity index (χ4n) is 3.12. The molecule has 0 unspecified atom stereocenters. The van der Waals surface area contributed by atoms with Crippen molar-refractivity contribution in [1.82, 2.24) is 0 Å². The molecule has 0 heterocycles. The van der Waals surface area contributed by atoms with Gasteiger partial charge >= 0.3 is 5.97 Å². The molecular weight excluding hydrogens is 166 g/mol. The molecule has 4 atom stereocenters. The summed E-state index contributed by atoms with van der Waals surface area (Å²) in [6.07, 6.45) is 1.91. The van der Waals surface area contributed by atoms with Gasteiger partial charge in [-0.3, -0.25) is 4.79 Å². The van der Waals surface area contributed by atoms with Crippen molar-refractivity contribution in [2.75, 3.05) is 0 Å². The molecule has 3 N–H and O–H groups in total. The first kappa shape index (κ1) is 9.00. The minimum Gasteiger partial charge on any atom is -0.481 e. The molecule has 0 aromatic rings. The van der Waals surface area contributed by atoms with Crippen LogP contribution in [0, 0.1) is 23.2 Å². The van der Waals surface area contributed by atoms with E-state index in [0.717, 1.165) is 12.8 Å². The lowest BCUT2D eigenvalue weighted by Crippen LogP contribution is -2.62. The minimum atomic E-state index is -0.710. The van der Waals surface area contributed by atoms with Crippen LogP contribution in [-0.4, -0.2) is 17.1 Å². The van der Waals surface area contributed by atoms with E-state index in [0.29, 0.717) is 11.8 Å². The Bertz CT molecular complexity index is 249. The quantitative estimate of drug-likeness (QED) is 0.639. The second kappa shape index (κ2) is 2.47. The molecule has 0 aliphatic heterocycles. The van der Waals surface area contributed by atoms with Crippen LogP contribution in [0.15, 0.2) is 0 Å². The molecule has 3 nitrogen and oxygen atoms in total. The molecule has 0 aromatic heterocycles. The highest BCUT2D eigenvalue weighted by Gasteiger charge is 2.58. The SMILES string of the molecule is CC1(C)[C@@H]2C[C@H](C(=O)O)[C@@H](N)[C@H]1C2. The smallest absolute Gasteiger partial charge is 0.308 e. The largest absolute Gasteiger partial charge is 0.481 e. The lowest BCUT2D eigenvalue weighted by Gasteiger charge is -2.60. The number of aliphatic carboxylic acids is 1. The average Bonchev–Trinajstić information content (AvgIpc) is 2.02. The molecule has 0 spiro atoms. The van der Waals surface area contributed by atoms with Gasteiger partial charge in [-0.1, -0.05) is 13.8 Å². The number of hydrogen-bond acceptors (Lipinski definition) is 2. The Labute approximate surface area is 78.3 Å². The molecule has 3 fully saturated rings. The van der Waals surface area contributed by atoms with Gasteiger partial charge < -0.3 is 10.8 Å². The number of carbonyl (C=O) groups is 1. The van der Waals surface area contributed by atoms with Crippen LogP contribution in [0.3, 0.4) is 0 Å². The Hall–Kier alpha value is -0.570. The average molecular weight is 183 g/mol. The van der Waals surface area contributed by atoms with Crippen molar-refractivity contribution in [3.05, 3.63) is 0 Å². The second-order valence-corrected chi connectivity index (χ2v) is 5.12. The molecule has 13 heavy (non-hydrogen) atoms. The number of hydrogen-bond donors (Lipinski definition) is 2. The summed E-state index contributed by atoms with van der Waals surface area (Å²) in [5.41, 5.74) is 6.24. The van der Waals surface area contributed by atoms with Crippen molar-refractivity contribution < 1.29 is 9.90 Å². The molecule has 74 valence electrons. The fraction of sp³-hybridized carbons (Fsp3) is 0.900. The molecule has 3 saturated carbocycles. The summed E-state index contributed by atoms with van der Waals surface area (Å²) in [6, 6.07) is -0.127. The van der Waals surface area contributed by atoms with Crippen LogP contribution in [0.25, 0.3) is 0 Å². The van der Waals surface area contributed by atoms with Gasteiger partial charge in [-0.2, -0.15) is 0 Å². The zero-order chi connectivity index (χ0) is 9.80. The summed E-state index contributed by atoms with van der Waals surface area (Å²) in [7, 11) is 0. The Morgan fingerprint density at radius 3 is 2.46 bits per heavy atom. The van der Waals surface area contributed by atoms with Crippen molar-refractivity contribution in [3.63, 3.8) is 0 Å². The van der Waals surface area contributed by atoms with Gasteiger partial charge in [0.2, 0.25) is 0 Å². The van der Waals surface area contributed by atoms with Crippen molar-refractivity contribution in [3.8, 4) is 0 Å². The van der Waals surface area contributed by atoms with E-state index in [1.54, 1.807) is 0 Å². The van der Waals surface area contributed by atoms with Gasteiger partial charge in [0, 0.05) is 6.04 Å². The van der Waals surface area contributed by atoms with Crippen LogP contribution >= 0.6 is 0 Å². The first-order valence-electron chi connectivity index (χ1n) is 4.93. The van der Waals surface area contributed by atoms with Gasteiger partial charge in [0.05, 0.1) is 5.92 Å². The summed E-state index contributed by atoms with van der Waals surface area (Å²) in [5, 5.41) is 8.94. The number of carboxylic acid groups (broad SMARTS) is 1. The molecule has 0 radical (unpaired) electrons. The predicted molar refractivity (Wildman–Crippen MR) is 49.1 cm³/mol. The topological polar surface area (TPSA) is 63.3 Å². The highest BCUT2D eigenvalue weighted by molar-refractivity contribution is 5.71.